The van der Waals surface area contributed by atoms with E-state index in [2.05, 4.69) is 40.9 Å². The van der Waals surface area contributed by atoms with Gasteiger partial charge in [-0.2, -0.15) is 5.26 Å². The largest absolute Gasteiger partial charge is 0.380 e. The van der Waals surface area contributed by atoms with Gasteiger partial charge in [-0.25, -0.2) is 0 Å². The standard InChI is InChI=1S/C11H12ClIN2/c1-2-9(5-6-14)15-11-4-3-8(13)7-10(11)12/h3-4,7,9,15H,2,5H2,1H3. The van der Waals surface area contributed by atoms with Crippen molar-refractivity contribution in [3.8, 4) is 6.07 Å². The van der Waals surface area contributed by atoms with Crippen LogP contribution in [0.2, 0.25) is 5.02 Å². The van der Waals surface area contributed by atoms with E-state index in [0.717, 1.165) is 15.7 Å². The minimum Gasteiger partial charge on any atom is -0.380 e. The average Bonchev–Trinajstić information content (AvgIpc) is 2.21. The second kappa shape index (κ2) is 6.19. The van der Waals surface area contributed by atoms with E-state index >= 15 is 0 Å². The normalized spacial score (nSPS) is 11.9. The Bertz CT molecular complexity index is 373. The summed E-state index contributed by atoms with van der Waals surface area (Å²) in [4.78, 5) is 0. The predicted octanol–water partition coefficient (Wildman–Crippen LogP) is 4.05. The Kier molecular flexibility index (Phi) is 5.20. The van der Waals surface area contributed by atoms with E-state index in [0.29, 0.717) is 11.4 Å². The van der Waals surface area contributed by atoms with Crippen LogP contribution in [0.3, 0.4) is 0 Å². The molecule has 1 unspecified atom stereocenters. The Hall–Kier alpha value is -0.470. The number of rotatable bonds is 4. The van der Waals surface area contributed by atoms with Crippen LogP contribution in [0, 0.1) is 14.9 Å². The number of nitriles is 1. The number of anilines is 1. The maximum atomic E-state index is 8.64. The summed E-state index contributed by atoms with van der Waals surface area (Å²) in [5.41, 5.74) is 0.902. The van der Waals surface area contributed by atoms with Crippen molar-refractivity contribution in [2.45, 2.75) is 25.8 Å². The average molecular weight is 335 g/mol. The number of nitrogens with zero attached hydrogens (tertiary/aromatic N) is 1. The second-order valence-corrected chi connectivity index (χ2v) is 4.89. The molecule has 0 aliphatic rings. The van der Waals surface area contributed by atoms with Crippen LogP contribution in [0.4, 0.5) is 5.69 Å². The van der Waals surface area contributed by atoms with Crippen molar-refractivity contribution in [2.24, 2.45) is 0 Å². The van der Waals surface area contributed by atoms with Gasteiger partial charge in [0.1, 0.15) is 0 Å². The molecule has 1 atom stereocenters. The molecule has 0 saturated carbocycles. The Morgan fingerprint density at radius 1 is 1.60 bits per heavy atom. The highest BCUT2D eigenvalue weighted by Gasteiger charge is 2.07. The summed E-state index contributed by atoms with van der Waals surface area (Å²) in [6.07, 6.45) is 1.41. The number of hydrogen-bond acceptors (Lipinski definition) is 2. The second-order valence-electron chi connectivity index (χ2n) is 3.24. The lowest BCUT2D eigenvalue weighted by Crippen LogP contribution is -2.17. The maximum Gasteiger partial charge on any atom is 0.0648 e. The van der Waals surface area contributed by atoms with Crippen molar-refractivity contribution in [1.29, 1.82) is 5.26 Å². The Balaban J connectivity index is 2.75. The van der Waals surface area contributed by atoms with Crippen LogP contribution in [-0.2, 0) is 0 Å². The zero-order valence-corrected chi connectivity index (χ0v) is 11.3. The molecule has 1 N–H and O–H groups in total. The molecule has 1 aromatic rings. The molecule has 0 aliphatic heterocycles. The Morgan fingerprint density at radius 2 is 2.33 bits per heavy atom. The van der Waals surface area contributed by atoms with Crippen LogP contribution in [0.15, 0.2) is 18.2 Å². The number of halogens is 2. The molecule has 2 nitrogen and oxygen atoms in total. The van der Waals surface area contributed by atoms with E-state index in [1.807, 2.05) is 18.2 Å². The van der Waals surface area contributed by atoms with Gasteiger partial charge in [-0.3, -0.25) is 0 Å². The molecule has 1 rings (SSSR count). The molecule has 15 heavy (non-hydrogen) atoms. The zero-order chi connectivity index (χ0) is 11.3. The molecule has 80 valence electrons. The minimum atomic E-state index is 0.174. The third kappa shape index (κ3) is 3.88. The van der Waals surface area contributed by atoms with Crippen molar-refractivity contribution in [2.75, 3.05) is 5.32 Å². The van der Waals surface area contributed by atoms with E-state index in [4.69, 9.17) is 16.9 Å². The van der Waals surface area contributed by atoms with Gasteiger partial charge in [0.15, 0.2) is 0 Å². The lowest BCUT2D eigenvalue weighted by molar-refractivity contribution is 0.711. The summed E-state index contributed by atoms with van der Waals surface area (Å²) in [5.74, 6) is 0. The fourth-order valence-corrected chi connectivity index (χ4v) is 2.14. The van der Waals surface area contributed by atoms with E-state index < -0.39 is 0 Å². The van der Waals surface area contributed by atoms with Crippen molar-refractivity contribution >= 4 is 39.9 Å². The van der Waals surface area contributed by atoms with Crippen LogP contribution in [-0.4, -0.2) is 6.04 Å². The minimum absolute atomic E-state index is 0.174. The third-order valence-electron chi connectivity index (χ3n) is 2.12. The van der Waals surface area contributed by atoms with E-state index in [9.17, 15) is 0 Å². The molecular weight excluding hydrogens is 322 g/mol. The van der Waals surface area contributed by atoms with Crippen LogP contribution in [0.1, 0.15) is 19.8 Å². The smallest absolute Gasteiger partial charge is 0.0648 e. The summed E-state index contributed by atoms with van der Waals surface area (Å²) >= 11 is 8.30. The fraction of sp³-hybridized carbons (Fsp3) is 0.364. The molecular formula is C11H12ClIN2. The monoisotopic (exact) mass is 334 g/mol. The van der Waals surface area contributed by atoms with Gasteiger partial charge in [-0.05, 0) is 47.2 Å². The van der Waals surface area contributed by atoms with Crippen molar-refractivity contribution in [3.63, 3.8) is 0 Å². The predicted molar refractivity (Wildman–Crippen MR) is 72.1 cm³/mol. The van der Waals surface area contributed by atoms with E-state index in [1.54, 1.807) is 0 Å². The molecule has 4 heteroatoms. The summed E-state index contributed by atoms with van der Waals surface area (Å²) in [6, 6.07) is 8.19. The molecule has 0 aliphatic carbocycles. The van der Waals surface area contributed by atoms with Crippen molar-refractivity contribution in [1.82, 2.24) is 0 Å². The van der Waals surface area contributed by atoms with Gasteiger partial charge < -0.3 is 5.32 Å². The summed E-state index contributed by atoms with van der Waals surface area (Å²) in [5, 5.41) is 12.6. The van der Waals surface area contributed by atoms with E-state index in [-0.39, 0.29) is 6.04 Å². The van der Waals surface area contributed by atoms with Gasteiger partial charge >= 0.3 is 0 Å². The zero-order valence-electron chi connectivity index (χ0n) is 8.43. The highest BCUT2D eigenvalue weighted by atomic mass is 127. The Morgan fingerprint density at radius 3 is 2.87 bits per heavy atom. The van der Waals surface area contributed by atoms with Gasteiger partial charge in [0.25, 0.3) is 0 Å². The molecule has 0 saturated heterocycles. The SMILES string of the molecule is CCC(CC#N)Nc1ccc(I)cc1Cl. The van der Waals surface area contributed by atoms with Gasteiger partial charge in [0, 0.05) is 9.61 Å². The maximum absolute atomic E-state index is 8.64. The number of nitrogens with one attached hydrogen (secondary N) is 1. The lowest BCUT2D eigenvalue weighted by atomic mass is 10.1. The first-order valence-electron chi connectivity index (χ1n) is 4.76. The van der Waals surface area contributed by atoms with Crippen LogP contribution >= 0.6 is 34.2 Å². The first kappa shape index (κ1) is 12.6. The molecule has 1 aromatic carbocycles. The molecule has 0 radical (unpaired) electrons. The van der Waals surface area contributed by atoms with Gasteiger partial charge in [0.2, 0.25) is 0 Å². The molecule has 0 bridgehead atoms. The first-order chi connectivity index (χ1) is 7.17. The van der Waals surface area contributed by atoms with E-state index in [1.165, 1.54) is 0 Å². The van der Waals surface area contributed by atoms with Crippen LogP contribution < -0.4 is 5.32 Å². The summed E-state index contributed by atoms with van der Waals surface area (Å²) < 4.78 is 1.11. The van der Waals surface area contributed by atoms with Gasteiger partial charge in [0.05, 0.1) is 23.2 Å². The molecule has 0 aromatic heterocycles. The highest BCUT2D eigenvalue weighted by Crippen LogP contribution is 2.25. The van der Waals surface area contributed by atoms with Gasteiger partial charge in [-0.1, -0.05) is 18.5 Å². The third-order valence-corrected chi connectivity index (χ3v) is 3.10. The molecule has 0 heterocycles. The van der Waals surface area contributed by atoms with Crippen LogP contribution in [0.5, 0.6) is 0 Å². The van der Waals surface area contributed by atoms with Crippen LogP contribution in [0.25, 0.3) is 0 Å². The molecule has 0 spiro atoms. The first-order valence-corrected chi connectivity index (χ1v) is 6.21. The number of benzene rings is 1. The van der Waals surface area contributed by atoms with Crippen molar-refractivity contribution in [3.05, 3.63) is 26.8 Å². The summed E-state index contributed by atoms with van der Waals surface area (Å²) in [7, 11) is 0. The Labute approximate surface area is 109 Å². The number of hydrogen-bond donors (Lipinski definition) is 1. The summed E-state index contributed by atoms with van der Waals surface area (Å²) in [6.45, 7) is 2.05. The molecule has 0 fully saturated rings. The topological polar surface area (TPSA) is 35.8 Å². The quantitative estimate of drug-likeness (QED) is 0.843. The lowest BCUT2D eigenvalue weighted by Gasteiger charge is -2.16. The highest BCUT2D eigenvalue weighted by molar-refractivity contribution is 14.1. The molecule has 0 amide bonds. The van der Waals surface area contributed by atoms with Crippen molar-refractivity contribution < 1.29 is 0 Å². The fourth-order valence-electron chi connectivity index (χ4n) is 1.23. The van der Waals surface area contributed by atoms with Gasteiger partial charge in [-0.15, -0.1) is 0 Å².